The zero-order valence-electron chi connectivity index (χ0n) is 24.2. The second kappa shape index (κ2) is 13.4. The molecule has 1 atom stereocenters. The number of methoxy groups -OCH3 is 2. The van der Waals surface area contributed by atoms with Crippen molar-refractivity contribution in [2.75, 3.05) is 14.2 Å². The summed E-state index contributed by atoms with van der Waals surface area (Å²) in [6.45, 7) is 5.57. The number of carbonyl (C=O) groups is 2. The molecular weight excluding hydrogens is 560 g/mol. The molecule has 1 amide bonds. The van der Waals surface area contributed by atoms with Crippen LogP contribution in [0.4, 0.5) is 5.69 Å². The van der Waals surface area contributed by atoms with Gasteiger partial charge in [-0.1, -0.05) is 0 Å². The molecule has 0 aliphatic rings. The number of hydrazone groups is 1. The molecule has 13 heteroatoms. The quantitative estimate of drug-likeness (QED) is 0.105. The summed E-state index contributed by atoms with van der Waals surface area (Å²) in [5, 5.41) is 15.5. The minimum atomic E-state index is -1.12. The Balaban J connectivity index is 1.37. The smallest absolute Gasteiger partial charge is 0.346 e. The van der Waals surface area contributed by atoms with Crippen molar-refractivity contribution in [1.82, 2.24) is 9.99 Å². The summed E-state index contributed by atoms with van der Waals surface area (Å²) in [5.41, 5.74) is 5.35. The lowest BCUT2D eigenvalue weighted by Gasteiger charge is -2.15. The number of hydrogen-bond acceptors (Lipinski definition) is 10. The van der Waals surface area contributed by atoms with Crippen molar-refractivity contribution in [3.05, 3.63) is 99.2 Å². The zero-order chi connectivity index (χ0) is 31.1. The van der Waals surface area contributed by atoms with Crippen LogP contribution in [0, 0.1) is 24.0 Å². The number of furan rings is 1. The van der Waals surface area contributed by atoms with Gasteiger partial charge in [0.2, 0.25) is 5.75 Å². The van der Waals surface area contributed by atoms with E-state index in [0.717, 1.165) is 23.1 Å². The number of aryl methyl sites for hydroxylation is 2. The molecule has 4 rings (SSSR count). The molecule has 0 radical (unpaired) electrons. The molecule has 2 aromatic carbocycles. The van der Waals surface area contributed by atoms with Crippen LogP contribution in [0.5, 0.6) is 17.2 Å². The number of nitrogens with zero attached hydrogens (tertiary/aromatic N) is 3. The van der Waals surface area contributed by atoms with Crippen molar-refractivity contribution in [2.45, 2.75) is 33.5 Å². The topological polar surface area (TPSA) is 157 Å². The van der Waals surface area contributed by atoms with Crippen LogP contribution in [0.25, 0.3) is 5.69 Å². The monoisotopic (exact) mass is 590 g/mol. The zero-order valence-corrected chi connectivity index (χ0v) is 24.2. The average molecular weight is 591 g/mol. The first kappa shape index (κ1) is 30.4. The SMILES string of the molecule is COC(=O)[C@H](C)Oc1c(OC)cc(/C=N/NC(=O)c2ccc(COc3ccc(-n4c(C)ccc4C)cc3)o2)cc1[N+](=O)[O-]. The number of nitro groups is 1. The number of nitrogens with one attached hydrogen (secondary N) is 1. The molecule has 4 aromatic rings. The third kappa shape index (κ3) is 7.19. The van der Waals surface area contributed by atoms with Gasteiger partial charge in [0.15, 0.2) is 17.6 Å². The molecule has 0 aliphatic carbocycles. The Morgan fingerprint density at radius 2 is 1.77 bits per heavy atom. The molecule has 0 spiro atoms. The molecule has 0 saturated heterocycles. The maximum atomic E-state index is 12.5. The van der Waals surface area contributed by atoms with E-state index >= 15 is 0 Å². The Kier molecular flexibility index (Phi) is 9.45. The molecule has 0 bridgehead atoms. The van der Waals surface area contributed by atoms with Gasteiger partial charge in [0.05, 0.1) is 25.4 Å². The fourth-order valence-corrected chi connectivity index (χ4v) is 4.20. The van der Waals surface area contributed by atoms with Gasteiger partial charge in [0.25, 0.3) is 0 Å². The van der Waals surface area contributed by atoms with Crippen molar-refractivity contribution in [1.29, 1.82) is 0 Å². The van der Waals surface area contributed by atoms with Crippen molar-refractivity contribution in [3.63, 3.8) is 0 Å². The number of hydrogen-bond donors (Lipinski definition) is 1. The molecule has 0 saturated carbocycles. The minimum Gasteiger partial charge on any atom is -0.493 e. The van der Waals surface area contributed by atoms with E-state index in [2.05, 4.69) is 32.0 Å². The average Bonchev–Trinajstić information content (AvgIpc) is 3.62. The van der Waals surface area contributed by atoms with Crippen LogP contribution in [0.2, 0.25) is 0 Å². The number of esters is 1. The van der Waals surface area contributed by atoms with E-state index in [1.165, 1.54) is 39.5 Å². The Hall–Kier alpha value is -5.59. The fraction of sp³-hybridized carbons (Fsp3) is 0.233. The van der Waals surface area contributed by atoms with Gasteiger partial charge in [-0.15, -0.1) is 0 Å². The number of amides is 1. The molecule has 2 heterocycles. The standard InChI is InChI=1S/C30H30N4O9/c1-18-6-7-19(2)33(18)22-8-10-23(11-9-22)41-17-24-12-13-26(43-24)29(35)32-31-16-21-14-25(34(37)38)28(27(15-21)39-4)42-20(3)30(36)40-5/h6-16,20H,17H2,1-5H3,(H,32,35)/b31-16+/t20-/m0/s1. The lowest BCUT2D eigenvalue weighted by Crippen LogP contribution is -2.25. The van der Waals surface area contributed by atoms with Crippen molar-refractivity contribution < 1.29 is 37.9 Å². The van der Waals surface area contributed by atoms with E-state index in [9.17, 15) is 19.7 Å². The van der Waals surface area contributed by atoms with Gasteiger partial charge in [-0.05, 0) is 75.4 Å². The maximum absolute atomic E-state index is 12.5. The molecule has 0 unspecified atom stereocenters. The molecule has 2 aromatic heterocycles. The highest BCUT2D eigenvalue weighted by molar-refractivity contribution is 5.92. The summed E-state index contributed by atoms with van der Waals surface area (Å²) < 4.78 is 28.8. The van der Waals surface area contributed by atoms with E-state index in [0.29, 0.717) is 11.5 Å². The van der Waals surface area contributed by atoms with Crippen LogP contribution in [-0.2, 0) is 16.1 Å². The van der Waals surface area contributed by atoms with Crippen molar-refractivity contribution in [2.24, 2.45) is 5.10 Å². The molecule has 0 aliphatic heterocycles. The molecule has 13 nitrogen and oxygen atoms in total. The lowest BCUT2D eigenvalue weighted by molar-refractivity contribution is -0.386. The highest BCUT2D eigenvalue weighted by Crippen LogP contribution is 2.38. The predicted molar refractivity (Wildman–Crippen MR) is 155 cm³/mol. The highest BCUT2D eigenvalue weighted by Gasteiger charge is 2.26. The molecule has 1 N–H and O–H groups in total. The van der Waals surface area contributed by atoms with Crippen LogP contribution in [0.3, 0.4) is 0 Å². The third-order valence-electron chi connectivity index (χ3n) is 6.31. The highest BCUT2D eigenvalue weighted by atomic mass is 16.6. The maximum Gasteiger partial charge on any atom is 0.346 e. The summed E-state index contributed by atoms with van der Waals surface area (Å²) in [5.74, 6) is -0.570. The Labute approximate surface area is 246 Å². The van der Waals surface area contributed by atoms with E-state index < -0.39 is 28.6 Å². The van der Waals surface area contributed by atoms with Gasteiger partial charge in [0, 0.05) is 28.7 Å². The first-order valence-electron chi connectivity index (χ1n) is 13.0. The van der Waals surface area contributed by atoms with Crippen LogP contribution in [0.15, 0.2) is 70.2 Å². The van der Waals surface area contributed by atoms with Gasteiger partial charge in [-0.2, -0.15) is 5.10 Å². The van der Waals surface area contributed by atoms with Gasteiger partial charge in [-0.25, -0.2) is 10.2 Å². The minimum absolute atomic E-state index is 0.00577. The van der Waals surface area contributed by atoms with Gasteiger partial charge < -0.3 is 27.9 Å². The Morgan fingerprint density at radius 3 is 2.40 bits per heavy atom. The van der Waals surface area contributed by atoms with Crippen molar-refractivity contribution in [3.8, 4) is 22.9 Å². The molecule has 43 heavy (non-hydrogen) atoms. The fourth-order valence-electron chi connectivity index (χ4n) is 4.20. The van der Waals surface area contributed by atoms with Gasteiger partial charge in [0.1, 0.15) is 18.1 Å². The second-order valence-corrected chi connectivity index (χ2v) is 9.31. The Morgan fingerprint density at radius 1 is 1.07 bits per heavy atom. The summed E-state index contributed by atoms with van der Waals surface area (Å²) in [6, 6.07) is 17.4. The summed E-state index contributed by atoms with van der Waals surface area (Å²) >= 11 is 0. The number of aromatic nitrogens is 1. The van der Waals surface area contributed by atoms with Crippen LogP contribution in [0.1, 0.15) is 40.2 Å². The first-order valence-corrected chi connectivity index (χ1v) is 13.0. The number of rotatable bonds is 12. The van der Waals surface area contributed by atoms with E-state index in [4.69, 9.17) is 18.6 Å². The molecule has 0 fully saturated rings. The van der Waals surface area contributed by atoms with Gasteiger partial charge >= 0.3 is 17.6 Å². The predicted octanol–water partition coefficient (Wildman–Crippen LogP) is 4.89. The molecular formula is C30H30N4O9. The Bertz CT molecular complexity index is 1630. The molecule has 224 valence electrons. The van der Waals surface area contributed by atoms with E-state index in [-0.39, 0.29) is 29.4 Å². The van der Waals surface area contributed by atoms with Crippen LogP contribution < -0.4 is 19.6 Å². The number of carbonyl (C=O) groups excluding carboxylic acids is 2. The lowest BCUT2D eigenvalue weighted by atomic mass is 10.2. The number of nitro benzene ring substituents is 1. The third-order valence-corrected chi connectivity index (χ3v) is 6.31. The largest absolute Gasteiger partial charge is 0.493 e. The summed E-state index contributed by atoms with van der Waals surface area (Å²) in [7, 11) is 2.46. The summed E-state index contributed by atoms with van der Waals surface area (Å²) in [4.78, 5) is 35.2. The van der Waals surface area contributed by atoms with Crippen LogP contribution in [-0.4, -0.2) is 47.9 Å². The van der Waals surface area contributed by atoms with E-state index in [1.807, 2.05) is 38.1 Å². The normalized spacial score (nSPS) is 11.7. The van der Waals surface area contributed by atoms with Gasteiger partial charge in [-0.3, -0.25) is 14.9 Å². The number of ether oxygens (including phenoxy) is 4. The number of benzene rings is 2. The summed E-state index contributed by atoms with van der Waals surface area (Å²) in [6.07, 6.45) is 0.0677. The van der Waals surface area contributed by atoms with E-state index in [1.54, 1.807) is 6.07 Å². The van der Waals surface area contributed by atoms with Crippen molar-refractivity contribution >= 4 is 23.8 Å². The first-order chi connectivity index (χ1) is 20.6. The van der Waals surface area contributed by atoms with Crippen LogP contribution >= 0.6 is 0 Å². The second-order valence-electron chi connectivity index (χ2n) is 9.31.